The van der Waals surface area contributed by atoms with Crippen molar-refractivity contribution in [3.8, 4) is 0 Å². The van der Waals surface area contributed by atoms with Crippen LogP contribution in [0.5, 0.6) is 0 Å². The third-order valence-electron chi connectivity index (χ3n) is 3.41. The summed E-state index contributed by atoms with van der Waals surface area (Å²) in [5.41, 5.74) is 0. The summed E-state index contributed by atoms with van der Waals surface area (Å²) in [7, 11) is 0. The van der Waals surface area contributed by atoms with Crippen LogP contribution in [-0.4, -0.2) is 33.5 Å². The van der Waals surface area contributed by atoms with Crippen LogP contribution in [0.15, 0.2) is 48.6 Å². The Labute approximate surface area is 145 Å². The van der Waals surface area contributed by atoms with Gasteiger partial charge in [0.2, 0.25) is 0 Å². The molecule has 3 N–H and O–H groups in total. The first kappa shape index (κ1) is 22.4. The number of carboxylic acid groups (broad SMARTS) is 1. The zero-order valence-electron chi connectivity index (χ0n) is 14.7. The van der Waals surface area contributed by atoms with Crippen molar-refractivity contribution in [3.63, 3.8) is 0 Å². The molecule has 0 spiro atoms. The molecule has 4 heteroatoms. The summed E-state index contributed by atoms with van der Waals surface area (Å²) < 4.78 is 0. The lowest BCUT2D eigenvalue weighted by Crippen LogP contribution is -2.03. The molecule has 0 radical (unpaired) electrons. The molecule has 0 aliphatic heterocycles. The van der Waals surface area contributed by atoms with E-state index in [2.05, 4.69) is 13.0 Å². The van der Waals surface area contributed by atoms with Crippen molar-refractivity contribution in [2.24, 2.45) is 0 Å². The zero-order valence-corrected chi connectivity index (χ0v) is 14.7. The Morgan fingerprint density at radius 1 is 0.917 bits per heavy atom. The van der Waals surface area contributed by atoms with Crippen LogP contribution < -0.4 is 0 Å². The Hall–Kier alpha value is -1.65. The Morgan fingerprint density at radius 2 is 1.58 bits per heavy atom. The molecule has 0 aromatic rings. The highest BCUT2D eigenvalue weighted by Crippen LogP contribution is 2.03. The maximum absolute atomic E-state index is 10.3. The van der Waals surface area contributed by atoms with Gasteiger partial charge in [0.15, 0.2) is 0 Å². The molecule has 4 nitrogen and oxygen atoms in total. The third kappa shape index (κ3) is 16.7. The van der Waals surface area contributed by atoms with Crippen molar-refractivity contribution in [2.45, 2.75) is 70.5 Å². The molecule has 0 heterocycles. The van der Waals surface area contributed by atoms with Crippen molar-refractivity contribution >= 4 is 5.97 Å². The van der Waals surface area contributed by atoms with E-state index in [9.17, 15) is 15.0 Å². The molecule has 0 amide bonds. The number of hydrogen-bond acceptors (Lipinski definition) is 3. The number of aliphatic carboxylic acids is 1. The minimum Gasteiger partial charge on any atom is -0.481 e. The second-order valence-corrected chi connectivity index (χ2v) is 5.78. The van der Waals surface area contributed by atoms with Crippen LogP contribution in [-0.2, 0) is 4.79 Å². The van der Waals surface area contributed by atoms with Crippen molar-refractivity contribution < 1.29 is 20.1 Å². The number of carbonyl (C=O) groups is 1. The summed E-state index contributed by atoms with van der Waals surface area (Å²) in [6, 6.07) is 0. The fourth-order valence-electron chi connectivity index (χ4n) is 2.02. The highest BCUT2D eigenvalue weighted by Gasteiger charge is 2.01. The van der Waals surface area contributed by atoms with E-state index in [4.69, 9.17) is 5.11 Å². The number of aliphatic hydroxyl groups excluding tert-OH is 2. The van der Waals surface area contributed by atoms with Gasteiger partial charge in [0.25, 0.3) is 0 Å². The van der Waals surface area contributed by atoms with E-state index in [1.807, 2.05) is 6.08 Å². The fraction of sp³-hybridized carbons (Fsp3) is 0.550. The van der Waals surface area contributed by atoms with Gasteiger partial charge in [-0.25, -0.2) is 0 Å². The summed E-state index contributed by atoms with van der Waals surface area (Å²) in [6.07, 6.45) is 19.8. The summed E-state index contributed by atoms with van der Waals surface area (Å²) in [5, 5.41) is 27.9. The number of aliphatic hydroxyl groups is 2. The maximum Gasteiger partial charge on any atom is 0.303 e. The minimum atomic E-state index is -0.842. The Balaban J connectivity index is 3.81. The molecule has 0 fully saturated rings. The van der Waals surface area contributed by atoms with Crippen LogP contribution in [0.4, 0.5) is 0 Å². The Morgan fingerprint density at radius 3 is 2.21 bits per heavy atom. The van der Waals surface area contributed by atoms with Crippen molar-refractivity contribution in [3.05, 3.63) is 48.6 Å². The van der Waals surface area contributed by atoms with Crippen molar-refractivity contribution in [1.29, 1.82) is 0 Å². The average molecular weight is 336 g/mol. The van der Waals surface area contributed by atoms with Gasteiger partial charge in [-0.15, -0.1) is 0 Å². The fourth-order valence-corrected chi connectivity index (χ4v) is 2.02. The smallest absolute Gasteiger partial charge is 0.303 e. The predicted octanol–water partition coefficient (Wildman–Crippen LogP) is 4.16. The van der Waals surface area contributed by atoms with Gasteiger partial charge in [-0.2, -0.15) is 0 Å². The number of carboxylic acids is 1. The van der Waals surface area contributed by atoms with Gasteiger partial charge in [0.1, 0.15) is 0 Å². The summed E-state index contributed by atoms with van der Waals surface area (Å²) in [4.78, 5) is 10.3. The van der Waals surface area contributed by atoms with E-state index in [1.54, 1.807) is 36.5 Å². The molecule has 0 saturated carbocycles. The lowest BCUT2D eigenvalue weighted by molar-refractivity contribution is -0.137. The summed E-state index contributed by atoms with van der Waals surface area (Å²) >= 11 is 0. The second-order valence-electron chi connectivity index (χ2n) is 5.78. The van der Waals surface area contributed by atoms with E-state index in [0.717, 1.165) is 6.42 Å². The van der Waals surface area contributed by atoms with Crippen LogP contribution in [0, 0.1) is 0 Å². The van der Waals surface area contributed by atoms with Gasteiger partial charge in [-0.1, -0.05) is 68.4 Å². The number of rotatable bonds is 14. The Bertz CT molecular complexity index is 421. The van der Waals surface area contributed by atoms with Gasteiger partial charge in [0.05, 0.1) is 12.2 Å². The first-order valence-electron chi connectivity index (χ1n) is 8.80. The molecule has 24 heavy (non-hydrogen) atoms. The van der Waals surface area contributed by atoms with Gasteiger partial charge < -0.3 is 15.3 Å². The molecule has 0 aromatic heterocycles. The van der Waals surface area contributed by atoms with Crippen LogP contribution >= 0.6 is 0 Å². The molecular weight excluding hydrogens is 304 g/mol. The highest BCUT2D eigenvalue weighted by molar-refractivity contribution is 5.66. The van der Waals surface area contributed by atoms with Gasteiger partial charge >= 0.3 is 5.97 Å². The molecule has 0 bridgehead atoms. The molecule has 0 rings (SSSR count). The van der Waals surface area contributed by atoms with E-state index in [1.165, 1.54) is 19.3 Å². The van der Waals surface area contributed by atoms with Crippen LogP contribution in [0.2, 0.25) is 0 Å². The minimum absolute atomic E-state index is 0.0778. The highest BCUT2D eigenvalue weighted by atomic mass is 16.4. The molecule has 2 atom stereocenters. The second kappa shape index (κ2) is 16.2. The molecule has 0 aliphatic rings. The standard InChI is InChI=1S/C20H32O4/c1-2-3-4-5-6-9-13-18(21)14-10-7-8-11-15-19(22)16-12-17-20(23)24/h6-11,14-15,18-19,21-22H,2-5,12-13,16-17H2,1H3,(H,23,24)/b8-7+,9-6+,14-10+,15-11?/t18-,19-/m1/s1. The van der Waals surface area contributed by atoms with E-state index in [0.29, 0.717) is 19.3 Å². The molecule has 0 saturated heterocycles. The van der Waals surface area contributed by atoms with Crippen LogP contribution in [0.3, 0.4) is 0 Å². The first-order chi connectivity index (χ1) is 11.6. The molecule has 136 valence electrons. The lowest BCUT2D eigenvalue weighted by Gasteiger charge is -2.02. The van der Waals surface area contributed by atoms with Gasteiger partial charge in [-0.3, -0.25) is 4.79 Å². The quantitative estimate of drug-likeness (QED) is 0.253. The van der Waals surface area contributed by atoms with E-state index >= 15 is 0 Å². The third-order valence-corrected chi connectivity index (χ3v) is 3.41. The number of unbranched alkanes of at least 4 members (excludes halogenated alkanes) is 3. The average Bonchev–Trinajstić information content (AvgIpc) is 2.53. The monoisotopic (exact) mass is 336 g/mol. The lowest BCUT2D eigenvalue weighted by atomic mass is 10.1. The van der Waals surface area contributed by atoms with E-state index in [-0.39, 0.29) is 6.42 Å². The normalized spacial score (nSPS) is 15.1. The molecule has 0 unspecified atom stereocenters. The topological polar surface area (TPSA) is 77.8 Å². The largest absolute Gasteiger partial charge is 0.481 e. The molecule has 0 aliphatic carbocycles. The zero-order chi connectivity index (χ0) is 18.0. The Kier molecular flexibility index (Phi) is 15.1. The maximum atomic E-state index is 10.3. The van der Waals surface area contributed by atoms with Crippen LogP contribution in [0.25, 0.3) is 0 Å². The molecular formula is C20H32O4. The van der Waals surface area contributed by atoms with Crippen LogP contribution in [0.1, 0.15) is 58.3 Å². The predicted molar refractivity (Wildman–Crippen MR) is 98.8 cm³/mol. The van der Waals surface area contributed by atoms with E-state index < -0.39 is 18.2 Å². The van der Waals surface area contributed by atoms with Crippen molar-refractivity contribution in [2.75, 3.05) is 0 Å². The van der Waals surface area contributed by atoms with Gasteiger partial charge in [-0.05, 0) is 32.1 Å². The summed E-state index contributed by atoms with van der Waals surface area (Å²) in [6.45, 7) is 2.18. The van der Waals surface area contributed by atoms with Crippen molar-refractivity contribution in [1.82, 2.24) is 0 Å². The first-order valence-corrected chi connectivity index (χ1v) is 8.80. The number of allylic oxidation sites excluding steroid dienone is 5. The SMILES string of the molecule is CCCCC/C=C/C[C@@H](O)/C=C/C=C/C=C[C@@H](O)CCCC(=O)O. The summed E-state index contributed by atoms with van der Waals surface area (Å²) in [5.74, 6) is -0.842. The molecule has 0 aromatic carbocycles. The number of hydrogen-bond donors (Lipinski definition) is 3. The van der Waals surface area contributed by atoms with Gasteiger partial charge in [0, 0.05) is 6.42 Å².